The van der Waals surface area contributed by atoms with Gasteiger partial charge in [0.2, 0.25) is 5.91 Å². The fraction of sp³-hybridized carbons (Fsp3) is 0.588. The zero-order valence-corrected chi connectivity index (χ0v) is 14.4. The Bertz CT molecular complexity index is 747. The Kier molecular flexibility index (Phi) is 4.44. The average molecular weight is 341 g/mol. The number of amides is 1. The summed E-state index contributed by atoms with van der Waals surface area (Å²) in [6.45, 7) is 4.45. The van der Waals surface area contributed by atoms with E-state index in [0.29, 0.717) is 11.9 Å². The molecule has 0 radical (unpaired) electrons. The van der Waals surface area contributed by atoms with Crippen LogP contribution in [0.25, 0.3) is 0 Å². The van der Waals surface area contributed by atoms with Crippen molar-refractivity contribution in [1.82, 2.24) is 30.1 Å². The zero-order valence-electron chi connectivity index (χ0n) is 14.4. The van der Waals surface area contributed by atoms with E-state index in [1.54, 1.807) is 0 Å². The van der Waals surface area contributed by atoms with Gasteiger partial charge in [-0.2, -0.15) is 0 Å². The van der Waals surface area contributed by atoms with E-state index in [4.69, 9.17) is 0 Å². The van der Waals surface area contributed by atoms with Gasteiger partial charge >= 0.3 is 0 Å². The summed E-state index contributed by atoms with van der Waals surface area (Å²) in [5, 5.41) is 15.0. The maximum Gasteiger partial charge on any atom is 0.228 e. The number of hydrogen-bond donors (Lipinski definition) is 1. The predicted molar refractivity (Wildman–Crippen MR) is 91.7 cm³/mol. The molecule has 1 aliphatic heterocycles. The molecule has 2 aliphatic rings. The first kappa shape index (κ1) is 16.1. The summed E-state index contributed by atoms with van der Waals surface area (Å²) in [7, 11) is 0. The highest BCUT2D eigenvalue weighted by molar-refractivity contribution is 5.91. The van der Waals surface area contributed by atoms with Crippen molar-refractivity contribution in [2.45, 2.75) is 45.2 Å². The van der Waals surface area contributed by atoms with Crippen LogP contribution >= 0.6 is 0 Å². The Labute approximate surface area is 146 Å². The van der Waals surface area contributed by atoms with Crippen molar-refractivity contribution >= 4 is 11.7 Å². The second-order valence-corrected chi connectivity index (χ2v) is 6.97. The fourth-order valence-corrected chi connectivity index (χ4v) is 3.31. The normalized spacial score (nSPS) is 19.1. The van der Waals surface area contributed by atoms with Crippen LogP contribution in [0, 0.1) is 12.8 Å². The molecule has 1 saturated carbocycles. The van der Waals surface area contributed by atoms with Gasteiger partial charge in [-0.15, -0.1) is 5.10 Å². The summed E-state index contributed by atoms with van der Waals surface area (Å²) in [6.07, 6.45) is 4.05. The molecule has 4 rings (SSSR count). The van der Waals surface area contributed by atoms with Crippen LogP contribution in [0.1, 0.15) is 43.2 Å². The predicted octanol–water partition coefficient (Wildman–Crippen LogP) is 1.56. The number of carbonyl (C=O) groups is 1. The van der Waals surface area contributed by atoms with Gasteiger partial charge in [0, 0.05) is 11.6 Å². The van der Waals surface area contributed by atoms with Gasteiger partial charge in [0.05, 0.1) is 12.6 Å². The number of likely N-dealkylation sites (tertiary alicyclic amines) is 1. The van der Waals surface area contributed by atoms with Crippen LogP contribution in [0.15, 0.2) is 18.2 Å². The summed E-state index contributed by atoms with van der Waals surface area (Å²) in [6, 6.07) is 6.15. The first-order chi connectivity index (χ1) is 12.2. The first-order valence-corrected chi connectivity index (χ1v) is 8.92. The maximum absolute atomic E-state index is 12.4. The third kappa shape index (κ3) is 3.84. The van der Waals surface area contributed by atoms with Gasteiger partial charge in [-0.3, -0.25) is 9.69 Å². The summed E-state index contributed by atoms with van der Waals surface area (Å²) in [5.41, 5.74) is 0.904. The number of hydrogen-bond acceptors (Lipinski definition) is 6. The van der Waals surface area contributed by atoms with Crippen molar-refractivity contribution in [2.75, 3.05) is 18.4 Å². The number of aryl methyl sites for hydroxylation is 1. The lowest BCUT2D eigenvalue weighted by Crippen LogP contribution is -2.38. The van der Waals surface area contributed by atoms with Gasteiger partial charge in [-0.05, 0) is 68.3 Å². The van der Waals surface area contributed by atoms with Gasteiger partial charge in [0.25, 0.3) is 0 Å². The summed E-state index contributed by atoms with van der Waals surface area (Å²) in [5.74, 6) is 1.68. The summed E-state index contributed by atoms with van der Waals surface area (Å²) < 4.78 is 1.96. The van der Waals surface area contributed by atoms with Crippen molar-refractivity contribution < 1.29 is 4.79 Å². The van der Waals surface area contributed by atoms with Crippen LogP contribution in [0.2, 0.25) is 0 Å². The second kappa shape index (κ2) is 6.87. The van der Waals surface area contributed by atoms with Crippen molar-refractivity contribution in [2.24, 2.45) is 5.92 Å². The fourth-order valence-electron chi connectivity index (χ4n) is 3.31. The van der Waals surface area contributed by atoms with Gasteiger partial charge in [-0.1, -0.05) is 6.07 Å². The lowest BCUT2D eigenvalue weighted by molar-refractivity contribution is -0.121. The van der Waals surface area contributed by atoms with Crippen LogP contribution in [-0.2, 0) is 11.3 Å². The minimum Gasteiger partial charge on any atom is -0.310 e. The molecule has 25 heavy (non-hydrogen) atoms. The highest BCUT2D eigenvalue weighted by Crippen LogP contribution is 2.34. The molecule has 8 nitrogen and oxygen atoms in total. The summed E-state index contributed by atoms with van der Waals surface area (Å²) >= 11 is 0. The average Bonchev–Trinajstić information content (AvgIpc) is 3.35. The Morgan fingerprint density at radius 1 is 1.24 bits per heavy atom. The van der Waals surface area contributed by atoms with E-state index in [1.165, 1.54) is 12.8 Å². The second-order valence-electron chi connectivity index (χ2n) is 6.97. The highest BCUT2D eigenvalue weighted by Gasteiger charge is 2.30. The molecular formula is C17H23N7O. The van der Waals surface area contributed by atoms with E-state index in [2.05, 4.69) is 30.7 Å². The standard InChI is InChI=1S/C17H23N7O/c1-12-3-2-4-15(18-12)19-17(25)13-7-9-23(10-8-13)11-16-20-21-22-24(16)14-5-6-14/h2-4,13-14H,5-11H2,1H3,(H,18,19,25). The van der Waals surface area contributed by atoms with E-state index in [1.807, 2.05) is 29.8 Å². The molecular weight excluding hydrogens is 318 g/mol. The molecule has 0 atom stereocenters. The number of rotatable bonds is 5. The van der Waals surface area contributed by atoms with Crippen molar-refractivity contribution in [3.63, 3.8) is 0 Å². The van der Waals surface area contributed by atoms with Gasteiger partial charge < -0.3 is 5.32 Å². The topological polar surface area (TPSA) is 88.8 Å². The summed E-state index contributed by atoms with van der Waals surface area (Å²) in [4.78, 5) is 19.1. The number of tetrazole rings is 1. The van der Waals surface area contributed by atoms with Crippen LogP contribution < -0.4 is 5.32 Å². The molecule has 0 aromatic carbocycles. The Balaban J connectivity index is 1.29. The largest absolute Gasteiger partial charge is 0.310 e. The molecule has 1 amide bonds. The molecule has 2 aromatic heterocycles. The van der Waals surface area contributed by atoms with Crippen LogP contribution in [0.3, 0.4) is 0 Å². The SMILES string of the molecule is Cc1cccc(NC(=O)C2CCN(Cc3nnnn3C3CC3)CC2)n1. The van der Waals surface area contributed by atoms with Gasteiger partial charge in [0.15, 0.2) is 5.82 Å². The molecule has 3 heterocycles. The molecule has 1 N–H and O–H groups in total. The highest BCUT2D eigenvalue weighted by atomic mass is 16.1. The number of piperidine rings is 1. The third-order valence-electron chi connectivity index (χ3n) is 4.92. The maximum atomic E-state index is 12.4. The lowest BCUT2D eigenvalue weighted by Gasteiger charge is -2.30. The lowest BCUT2D eigenvalue weighted by atomic mass is 9.96. The molecule has 0 bridgehead atoms. The van der Waals surface area contributed by atoms with E-state index in [-0.39, 0.29) is 11.8 Å². The molecule has 1 aliphatic carbocycles. The van der Waals surface area contributed by atoms with Gasteiger partial charge in [0.1, 0.15) is 5.82 Å². The molecule has 1 saturated heterocycles. The molecule has 0 unspecified atom stereocenters. The Morgan fingerprint density at radius 3 is 2.76 bits per heavy atom. The minimum atomic E-state index is 0.0398. The van der Waals surface area contributed by atoms with E-state index < -0.39 is 0 Å². The zero-order chi connectivity index (χ0) is 17.2. The van der Waals surface area contributed by atoms with Crippen molar-refractivity contribution in [1.29, 1.82) is 0 Å². The number of pyridine rings is 1. The molecule has 2 aromatic rings. The number of carbonyl (C=O) groups excluding carboxylic acids is 1. The van der Waals surface area contributed by atoms with E-state index >= 15 is 0 Å². The first-order valence-electron chi connectivity index (χ1n) is 8.92. The van der Waals surface area contributed by atoms with E-state index in [9.17, 15) is 4.79 Å². The van der Waals surface area contributed by atoms with Crippen molar-refractivity contribution in [3.05, 3.63) is 29.7 Å². The molecule has 132 valence electrons. The van der Waals surface area contributed by atoms with Gasteiger partial charge in [-0.25, -0.2) is 9.67 Å². The minimum absolute atomic E-state index is 0.0398. The smallest absolute Gasteiger partial charge is 0.228 e. The van der Waals surface area contributed by atoms with Crippen LogP contribution in [-0.4, -0.2) is 49.1 Å². The number of nitrogens with zero attached hydrogens (tertiary/aromatic N) is 6. The third-order valence-corrected chi connectivity index (χ3v) is 4.92. The molecule has 8 heteroatoms. The van der Waals surface area contributed by atoms with Crippen LogP contribution in [0.5, 0.6) is 0 Å². The monoisotopic (exact) mass is 341 g/mol. The van der Waals surface area contributed by atoms with Crippen LogP contribution in [0.4, 0.5) is 5.82 Å². The Morgan fingerprint density at radius 2 is 2.04 bits per heavy atom. The quantitative estimate of drug-likeness (QED) is 0.888. The molecule has 2 fully saturated rings. The number of nitrogens with one attached hydrogen (secondary N) is 1. The Hall–Kier alpha value is -2.35. The molecule has 0 spiro atoms. The van der Waals surface area contributed by atoms with Crippen molar-refractivity contribution in [3.8, 4) is 0 Å². The number of anilines is 1. The number of aromatic nitrogens is 5. The van der Waals surface area contributed by atoms with E-state index in [0.717, 1.165) is 44.0 Å².